The minimum Gasteiger partial charge on any atom is -0.495 e. The Kier molecular flexibility index (Phi) is 3.36. The van der Waals surface area contributed by atoms with Gasteiger partial charge < -0.3 is 14.8 Å². The first-order valence-corrected chi connectivity index (χ1v) is 5.53. The quantitative estimate of drug-likeness (QED) is 0.883. The molecule has 2 rings (SSSR count). The monoisotopic (exact) mass is 252 g/mol. The molecule has 0 aliphatic rings. The van der Waals surface area contributed by atoms with Crippen molar-refractivity contribution < 1.29 is 9.84 Å². The zero-order chi connectivity index (χ0) is 12.4. The van der Waals surface area contributed by atoms with Crippen LogP contribution in [-0.4, -0.2) is 22.2 Å². The molecule has 1 aromatic heterocycles. The largest absolute Gasteiger partial charge is 0.495 e. The predicted molar refractivity (Wildman–Crippen MR) is 66.2 cm³/mol. The predicted octanol–water partition coefficient (Wildman–Crippen LogP) is 2.54. The number of methoxy groups -OCH3 is 1. The molecule has 0 saturated heterocycles. The maximum atomic E-state index is 9.09. The SMILES string of the molecule is COc1ccc(-c2nc(CO)c(C)[nH]2)cc1Cl. The van der Waals surface area contributed by atoms with Crippen molar-refractivity contribution in [2.75, 3.05) is 7.11 Å². The fraction of sp³-hybridized carbons (Fsp3) is 0.250. The molecule has 0 aliphatic heterocycles. The van der Waals surface area contributed by atoms with E-state index in [1.165, 1.54) is 0 Å². The average Bonchev–Trinajstić information content (AvgIpc) is 2.70. The van der Waals surface area contributed by atoms with Gasteiger partial charge in [-0.15, -0.1) is 0 Å². The number of nitrogens with zero attached hydrogens (tertiary/aromatic N) is 1. The van der Waals surface area contributed by atoms with E-state index >= 15 is 0 Å². The van der Waals surface area contributed by atoms with Crippen LogP contribution in [0.3, 0.4) is 0 Å². The van der Waals surface area contributed by atoms with Gasteiger partial charge in [-0.1, -0.05) is 11.6 Å². The molecule has 2 N–H and O–H groups in total. The molecular weight excluding hydrogens is 240 g/mol. The number of H-pyrrole nitrogens is 1. The summed E-state index contributed by atoms with van der Waals surface area (Å²) < 4.78 is 5.08. The highest BCUT2D eigenvalue weighted by atomic mass is 35.5. The maximum Gasteiger partial charge on any atom is 0.137 e. The molecule has 1 heterocycles. The lowest BCUT2D eigenvalue weighted by Crippen LogP contribution is -1.87. The number of hydrogen-bond acceptors (Lipinski definition) is 3. The molecule has 0 amide bonds. The highest BCUT2D eigenvalue weighted by Gasteiger charge is 2.09. The molecule has 5 heteroatoms. The van der Waals surface area contributed by atoms with E-state index < -0.39 is 0 Å². The van der Waals surface area contributed by atoms with Crippen LogP contribution < -0.4 is 4.74 Å². The number of nitrogens with one attached hydrogen (secondary N) is 1. The summed E-state index contributed by atoms with van der Waals surface area (Å²) in [4.78, 5) is 7.40. The van der Waals surface area contributed by atoms with E-state index in [-0.39, 0.29) is 6.61 Å². The normalized spacial score (nSPS) is 10.6. The Labute approximate surface area is 104 Å². The third-order valence-corrected chi connectivity index (χ3v) is 2.86. The molecule has 0 atom stereocenters. The Morgan fingerprint density at radius 2 is 2.24 bits per heavy atom. The molecule has 4 nitrogen and oxygen atoms in total. The number of halogens is 1. The van der Waals surface area contributed by atoms with Gasteiger partial charge in [0.25, 0.3) is 0 Å². The van der Waals surface area contributed by atoms with E-state index in [9.17, 15) is 0 Å². The summed E-state index contributed by atoms with van der Waals surface area (Å²) in [5.74, 6) is 1.32. The van der Waals surface area contributed by atoms with Crippen molar-refractivity contribution in [3.05, 3.63) is 34.6 Å². The van der Waals surface area contributed by atoms with Gasteiger partial charge in [0.15, 0.2) is 0 Å². The minimum atomic E-state index is -0.0772. The van der Waals surface area contributed by atoms with Crippen molar-refractivity contribution in [1.29, 1.82) is 0 Å². The van der Waals surface area contributed by atoms with Crippen LogP contribution in [0.15, 0.2) is 18.2 Å². The summed E-state index contributed by atoms with van der Waals surface area (Å²) in [6.45, 7) is 1.79. The molecule has 0 bridgehead atoms. The molecule has 0 fully saturated rings. The number of benzene rings is 1. The summed E-state index contributed by atoms with van der Waals surface area (Å²) >= 11 is 6.04. The standard InChI is InChI=1S/C12H13ClN2O2/c1-7-10(6-16)15-12(14-7)8-3-4-11(17-2)9(13)5-8/h3-5,16H,6H2,1-2H3,(H,14,15). The van der Waals surface area contributed by atoms with Gasteiger partial charge in [-0.25, -0.2) is 4.98 Å². The van der Waals surface area contributed by atoms with Crippen molar-refractivity contribution in [3.8, 4) is 17.1 Å². The second-order valence-electron chi connectivity index (χ2n) is 3.66. The third kappa shape index (κ3) is 2.28. The number of imidazole rings is 1. The summed E-state index contributed by atoms with van der Waals surface area (Å²) in [6.07, 6.45) is 0. The zero-order valence-corrected chi connectivity index (χ0v) is 10.4. The molecule has 90 valence electrons. The van der Waals surface area contributed by atoms with Crippen LogP contribution in [0.1, 0.15) is 11.4 Å². The number of aliphatic hydroxyl groups excluding tert-OH is 1. The van der Waals surface area contributed by atoms with Gasteiger partial charge in [0.2, 0.25) is 0 Å². The minimum absolute atomic E-state index is 0.0772. The molecule has 1 aromatic carbocycles. The zero-order valence-electron chi connectivity index (χ0n) is 9.62. The van der Waals surface area contributed by atoms with Crippen LogP contribution in [0.4, 0.5) is 0 Å². The summed E-state index contributed by atoms with van der Waals surface area (Å²) in [7, 11) is 1.57. The number of hydrogen-bond donors (Lipinski definition) is 2. The Morgan fingerprint density at radius 3 is 2.76 bits per heavy atom. The van der Waals surface area contributed by atoms with Crippen LogP contribution in [-0.2, 0) is 6.61 Å². The van der Waals surface area contributed by atoms with E-state index in [0.29, 0.717) is 22.3 Å². The molecule has 0 unspecified atom stereocenters. The number of aryl methyl sites for hydroxylation is 1. The highest BCUT2D eigenvalue weighted by Crippen LogP contribution is 2.29. The second-order valence-corrected chi connectivity index (χ2v) is 4.07. The number of ether oxygens (including phenoxy) is 1. The summed E-state index contributed by atoms with van der Waals surface area (Å²) in [5, 5.41) is 9.62. The topological polar surface area (TPSA) is 58.1 Å². The van der Waals surface area contributed by atoms with Crippen molar-refractivity contribution >= 4 is 11.6 Å². The lowest BCUT2D eigenvalue weighted by Gasteiger charge is -2.03. The Bertz CT molecular complexity index is 537. The molecule has 0 aliphatic carbocycles. The lowest BCUT2D eigenvalue weighted by molar-refractivity contribution is 0.276. The van der Waals surface area contributed by atoms with E-state index in [1.54, 1.807) is 19.2 Å². The van der Waals surface area contributed by atoms with Gasteiger partial charge in [-0.3, -0.25) is 0 Å². The van der Waals surface area contributed by atoms with Crippen LogP contribution >= 0.6 is 11.6 Å². The third-order valence-electron chi connectivity index (χ3n) is 2.56. The van der Waals surface area contributed by atoms with E-state index in [2.05, 4.69) is 9.97 Å². The molecule has 0 spiro atoms. The smallest absolute Gasteiger partial charge is 0.137 e. The van der Waals surface area contributed by atoms with Crippen LogP contribution in [0.25, 0.3) is 11.4 Å². The van der Waals surface area contributed by atoms with Gasteiger partial charge in [0, 0.05) is 11.3 Å². The molecular formula is C12H13ClN2O2. The Hall–Kier alpha value is -1.52. The molecule has 2 aromatic rings. The fourth-order valence-corrected chi connectivity index (χ4v) is 1.86. The van der Waals surface area contributed by atoms with Crippen molar-refractivity contribution in [2.24, 2.45) is 0 Å². The number of aromatic nitrogens is 2. The van der Waals surface area contributed by atoms with Crippen molar-refractivity contribution in [3.63, 3.8) is 0 Å². The van der Waals surface area contributed by atoms with Crippen LogP contribution in [0.5, 0.6) is 5.75 Å². The van der Waals surface area contributed by atoms with E-state index in [1.807, 2.05) is 13.0 Å². The molecule has 17 heavy (non-hydrogen) atoms. The first-order chi connectivity index (χ1) is 8.15. The average molecular weight is 253 g/mol. The second kappa shape index (κ2) is 4.77. The summed E-state index contributed by atoms with van der Waals surface area (Å²) in [6, 6.07) is 5.43. The highest BCUT2D eigenvalue weighted by molar-refractivity contribution is 6.32. The summed E-state index contributed by atoms with van der Waals surface area (Å²) in [5.41, 5.74) is 2.36. The van der Waals surface area contributed by atoms with Crippen molar-refractivity contribution in [2.45, 2.75) is 13.5 Å². The van der Waals surface area contributed by atoms with Gasteiger partial charge in [0.05, 0.1) is 24.4 Å². The Balaban J connectivity index is 2.42. The first-order valence-electron chi connectivity index (χ1n) is 5.16. The van der Waals surface area contributed by atoms with Crippen LogP contribution in [0.2, 0.25) is 5.02 Å². The van der Waals surface area contributed by atoms with E-state index in [4.69, 9.17) is 21.4 Å². The van der Waals surface area contributed by atoms with Gasteiger partial charge in [0.1, 0.15) is 11.6 Å². The molecule has 0 radical (unpaired) electrons. The number of rotatable bonds is 3. The first kappa shape index (κ1) is 12.0. The number of aliphatic hydroxyl groups is 1. The lowest BCUT2D eigenvalue weighted by atomic mass is 10.2. The fourth-order valence-electron chi connectivity index (χ4n) is 1.60. The van der Waals surface area contributed by atoms with E-state index in [0.717, 1.165) is 11.3 Å². The van der Waals surface area contributed by atoms with Crippen LogP contribution in [0, 0.1) is 6.92 Å². The maximum absolute atomic E-state index is 9.09. The number of aromatic amines is 1. The molecule has 0 saturated carbocycles. The van der Waals surface area contributed by atoms with Gasteiger partial charge >= 0.3 is 0 Å². The van der Waals surface area contributed by atoms with Gasteiger partial charge in [-0.05, 0) is 25.1 Å². The van der Waals surface area contributed by atoms with Crippen molar-refractivity contribution in [1.82, 2.24) is 9.97 Å². The van der Waals surface area contributed by atoms with Gasteiger partial charge in [-0.2, -0.15) is 0 Å². The Morgan fingerprint density at radius 1 is 1.47 bits per heavy atom.